The number of allylic oxidation sites excluding steroid dienone is 1. The molecule has 0 amide bonds. The normalized spacial score (nSPS) is 11.8. The van der Waals surface area contributed by atoms with Crippen molar-refractivity contribution in [3.8, 4) is 6.07 Å². The van der Waals surface area contributed by atoms with Gasteiger partial charge in [-0.15, -0.1) is 11.3 Å². The molecule has 0 radical (unpaired) electrons. The van der Waals surface area contributed by atoms with Crippen LogP contribution < -0.4 is 5.73 Å². The number of thiophene rings is 1. The largest absolute Gasteiger partial charge is 0.397 e. The molecule has 0 saturated heterocycles. The first-order chi connectivity index (χ1) is 8.63. The molecule has 2 rings (SSSR count). The lowest BCUT2D eigenvalue weighted by Gasteiger charge is -2.06. The topological polar surface area (TPSA) is 49.8 Å². The third-order valence-corrected chi connectivity index (χ3v) is 4.50. The lowest BCUT2D eigenvalue weighted by molar-refractivity contribution is 1.49. The lowest BCUT2D eigenvalue weighted by Crippen LogP contribution is -1.99. The van der Waals surface area contributed by atoms with Crippen LogP contribution in [0, 0.1) is 11.3 Å². The number of halogens is 2. The van der Waals surface area contributed by atoms with Gasteiger partial charge in [0.2, 0.25) is 0 Å². The molecule has 0 bridgehead atoms. The number of benzene rings is 1. The molecule has 0 unspecified atom stereocenters. The maximum atomic E-state index is 9.23. The van der Waals surface area contributed by atoms with Gasteiger partial charge >= 0.3 is 0 Å². The van der Waals surface area contributed by atoms with E-state index in [2.05, 4.69) is 22.0 Å². The van der Waals surface area contributed by atoms with Gasteiger partial charge in [-0.1, -0.05) is 23.7 Å². The Kier molecular flexibility index (Phi) is 4.07. The lowest BCUT2D eigenvalue weighted by atomic mass is 10.1. The van der Waals surface area contributed by atoms with Crippen LogP contribution in [0.1, 0.15) is 10.4 Å². The van der Waals surface area contributed by atoms with E-state index in [0.29, 0.717) is 16.3 Å². The minimum atomic E-state index is 0.439. The molecule has 0 saturated carbocycles. The van der Waals surface area contributed by atoms with Crippen LogP contribution in [-0.2, 0) is 0 Å². The molecule has 0 aliphatic heterocycles. The van der Waals surface area contributed by atoms with Crippen molar-refractivity contribution in [2.75, 3.05) is 0 Å². The zero-order valence-corrected chi connectivity index (χ0v) is 12.3. The van der Waals surface area contributed by atoms with Gasteiger partial charge in [0.1, 0.15) is 6.07 Å². The fraction of sp³-hybridized carbons (Fsp3) is 0. The van der Waals surface area contributed by atoms with Crippen LogP contribution in [0.25, 0.3) is 11.3 Å². The van der Waals surface area contributed by atoms with E-state index in [1.165, 1.54) is 11.3 Å². The number of nitrogens with two attached hydrogens (primary N) is 1. The number of nitriles is 1. The van der Waals surface area contributed by atoms with E-state index < -0.39 is 0 Å². The molecule has 0 aliphatic rings. The Hall–Kier alpha value is -1.28. The van der Waals surface area contributed by atoms with Crippen LogP contribution in [-0.4, -0.2) is 0 Å². The van der Waals surface area contributed by atoms with Crippen LogP contribution in [0.15, 0.2) is 40.2 Å². The van der Waals surface area contributed by atoms with E-state index in [1.807, 2.05) is 29.6 Å². The summed E-state index contributed by atoms with van der Waals surface area (Å²) in [6.07, 6.45) is 0. The predicted molar refractivity (Wildman–Crippen MR) is 80.1 cm³/mol. The summed E-state index contributed by atoms with van der Waals surface area (Å²) in [5.41, 5.74) is 7.71. The van der Waals surface area contributed by atoms with Crippen molar-refractivity contribution in [3.05, 3.63) is 55.6 Å². The molecule has 90 valence electrons. The number of hydrogen-bond donors (Lipinski definition) is 1. The Morgan fingerprint density at radius 2 is 2.17 bits per heavy atom. The van der Waals surface area contributed by atoms with Crippen LogP contribution in [0.4, 0.5) is 0 Å². The molecule has 0 fully saturated rings. The zero-order chi connectivity index (χ0) is 13.1. The monoisotopic (exact) mass is 338 g/mol. The quantitative estimate of drug-likeness (QED) is 0.818. The average Bonchev–Trinajstić information content (AvgIpc) is 2.87. The molecule has 2 nitrogen and oxygen atoms in total. The molecule has 2 aromatic rings. The Balaban J connectivity index is 2.54. The molecule has 1 aromatic heterocycles. The van der Waals surface area contributed by atoms with E-state index in [-0.39, 0.29) is 0 Å². The Morgan fingerprint density at radius 3 is 2.72 bits per heavy atom. The Bertz CT molecular complexity index is 642. The number of rotatable bonds is 2. The molecular formula is C13H8BrClN2S. The van der Waals surface area contributed by atoms with Crippen molar-refractivity contribution >= 4 is 50.1 Å². The zero-order valence-electron chi connectivity index (χ0n) is 9.15. The Labute approximate surface area is 122 Å². The van der Waals surface area contributed by atoms with E-state index in [1.54, 1.807) is 6.07 Å². The highest BCUT2D eigenvalue weighted by atomic mass is 79.9. The highest BCUT2D eigenvalue weighted by Gasteiger charge is 2.10. The first kappa shape index (κ1) is 13.2. The fourth-order valence-electron chi connectivity index (χ4n) is 1.48. The van der Waals surface area contributed by atoms with Crippen molar-refractivity contribution in [3.63, 3.8) is 0 Å². The van der Waals surface area contributed by atoms with Crippen LogP contribution in [0.5, 0.6) is 0 Å². The van der Waals surface area contributed by atoms with Gasteiger partial charge in [0.25, 0.3) is 0 Å². The van der Waals surface area contributed by atoms with Gasteiger partial charge in [-0.3, -0.25) is 0 Å². The van der Waals surface area contributed by atoms with Gasteiger partial charge in [0.15, 0.2) is 0 Å². The van der Waals surface area contributed by atoms with Gasteiger partial charge in [-0.05, 0) is 39.5 Å². The fourth-order valence-corrected chi connectivity index (χ4v) is 2.64. The minimum Gasteiger partial charge on any atom is -0.397 e. The molecule has 1 aromatic carbocycles. The summed E-state index contributed by atoms with van der Waals surface area (Å²) >= 11 is 10.8. The SMILES string of the molecule is N#C/C(=C(/N)c1ccc(Br)c(Cl)c1)c1cccs1. The first-order valence-electron chi connectivity index (χ1n) is 5.02. The summed E-state index contributed by atoms with van der Waals surface area (Å²) in [6, 6.07) is 11.3. The predicted octanol–water partition coefficient (Wildman–Crippen LogP) is 4.51. The number of hydrogen-bond acceptors (Lipinski definition) is 3. The van der Waals surface area contributed by atoms with Crippen LogP contribution >= 0.6 is 38.9 Å². The van der Waals surface area contributed by atoms with Gasteiger partial charge in [-0.2, -0.15) is 5.26 Å². The summed E-state index contributed by atoms with van der Waals surface area (Å²) in [5.74, 6) is 0. The molecule has 0 spiro atoms. The van der Waals surface area contributed by atoms with Crippen molar-refractivity contribution in [1.29, 1.82) is 5.26 Å². The molecule has 18 heavy (non-hydrogen) atoms. The third-order valence-electron chi connectivity index (χ3n) is 2.38. The molecular weight excluding hydrogens is 332 g/mol. The van der Waals surface area contributed by atoms with E-state index in [9.17, 15) is 5.26 Å². The van der Waals surface area contributed by atoms with Gasteiger partial charge in [0, 0.05) is 14.9 Å². The molecule has 0 atom stereocenters. The summed E-state index contributed by atoms with van der Waals surface area (Å²) < 4.78 is 0.801. The molecule has 1 heterocycles. The molecule has 5 heteroatoms. The third kappa shape index (κ3) is 2.59. The van der Waals surface area contributed by atoms with E-state index in [0.717, 1.165) is 14.9 Å². The van der Waals surface area contributed by atoms with Crippen molar-refractivity contribution < 1.29 is 0 Å². The second-order valence-corrected chi connectivity index (χ2v) is 5.72. The van der Waals surface area contributed by atoms with Crippen LogP contribution in [0.2, 0.25) is 5.02 Å². The summed E-state index contributed by atoms with van der Waals surface area (Å²) in [6.45, 7) is 0. The summed E-state index contributed by atoms with van der Waals surface area (Å²) in [5, 5.41) is 11.7. The highest BCUT2D eigenvalue weighted by molar-refractivity contribution is 9.10. The van der Waals surface area contributed by atoms with E-state index in [4.69, 9.17) is 17.3 Å². The van der Waals surface area contributed by atoms with Gasteiger partial charge in [0.05, 0.1) is 16.3 Å². The molecule has 2 N–H and O–H groups in total. The molecule has 0 aliphatic carbocycles. The van der Waals surface area contributed by atoms with Crippen molar-refractivity contribution in [1.82, 2.24) is 0 Å². The number of nitrogens with zero attached hydrogens (tertiary/aromatic N) is 1. The highest BCUT2D eigenvalue weighted by Crippen LogP contribution is 2.29. The smallest absolute Gasteiger partial charge is 0.103 e. The second-order valence-electron chi connectivity index (χ2n) is 3.51. The van der Waals surface area contributed by atoms with Crippen LogP contribution in [0.3, 0.4) is 0 Å². The summed E-state index contributed by atoms with van der Waals surface area (Å²) in [4.78, 5) is 0.856. The minimum absolute atomic E-state index is 0.439. The van der Waals surface area contributed by atoms with Gasteiger partial charge in [-0.25, -0.2) is 0 Å². The first-order valence-corrected chi connectivity index (χ1v) is 7.07. The van der Waals surface area contributed by atoms with Crippen molar-refractivity contribution in [2.24, 2.45) is 5.73 Å². The average molecular weight is 340 g/mol. The maximum absolute atomic E-state index is 9.23. The van der Waals surface area contributed by atoms with Crippen molar-refractivity contribution in [2.45, 2.75) is 0 Å². The maximum Gasteiger partial charge on any atom is 0.103 e. The second kappa shape index (κ2) is 5.57. The summed E-state index contributed by atoms with van der Waals surface area (Å²) in [7, 11) is 0. The van der Waals surface area contributed by atoms with E-state index >= 15 is 0 Å². The standard InChI is InChI=1S/C13H8BrClN2S/c14-10-4-3-8(6-11(10)15)13(17)9(7-16)12-2-1-5-18-12/h1-6H,17H2/b13-9-. The Morgan fingerprint density at radius 1 is 1.39 bits per heavy atom. The van der Waals surface area contributed by atoms with Gasteiger partial charge < -0.3 is 5.73 Å².